The van der Waals surface area contributed by atoms with Crippen molar-refractivity contribution in [2.45, 2.75) is 76.1 Å². The molecule has 0 aliphatic carbocycles. The van der Waals surface area contributed by atoms with Crippen molar-refractivity contribution in [1.82, 2.24) is 0 Å². The number of sulfone groups is 1. The summed E-state index contributed by atoms with van der Waals surface area (Å²) in [5.41, 5.74) is -0.543. The Balaban J connectivity index is 2.13. The highest BCUT2D eigenvalue weighted by Gasteiger charge is 2.36. The van der Waals surface area contributed by atoms with Gasteiger partial charge in [0.05, 0.1) is 16.2 Å². The third kappa shape index (κ3) is 6.08. The first-order valence-electron chi connectivity index (χ1n) is 9.42. The van der Waals surface area contributed by atoms with Crippen LogP contribution in [0.2, 0.25) is 0 Å². The third-order valence-corrected chi connectivity index (χ3v) is 6.82. The highest BCUT2D eigenvalue weighted by atomic mass is 32.2. The van der Waals surface area contributed by atoms with E-state index in [1.165, 1.54) is 0 Å². The second-order valence-corrected chi connectivity index (χ2v) is 9.49. The standard InChI is InChI=1S/C20H32O4S/c1-4-5-11-17(16-25(21,22)18-12-7-6-8-13-18)20(2,3)24-19-14-9-10-15-23-19/h6-8,12-13,17,19H,4-5,9-11,14-16H2,1-3H3/t17-,19?/m0/s1. The molecule has 25 heavy (non-hydrogen) atoms. The average Bonchev–Trinajstić information content (AvgIpc) is 2.59. The van der Waals surface area contributed by atoms with E-state index in [0.717, 1.165) is 45.1 Å². The van der Waals surface area contributed by atoms with Crippen LogP contribution in [0, 0.1) is 5.92 Å². The van der Waals surface area contributed by atoms with E-state index in [1.54, 1.807) is 24.3 Å². The molecule has 0 saturated carbocycles. The summed E-state index contributed by atoms with van der Waals surface area (Å²) >= 11 is 0. The molecule has 1 aromatic rings. The largest absolute Gasteiger partial charge is 0.353 e. The van der Waals surface area contributed by atoms with Crippen LogP contribution >= 0.6 is 0 Å². The molecule has 1 aliphatic rings. The van der Waals surface area contributed by atoms with Crippen LogP contribution in [0.4, 0.5) is 0 Å². The molecule has 1 fully saturated rings. The molecule has 1 heterocycles. The minimum absolute atomic E-state index is 0.0665. The van der Waals surface area contributed by atoms with Crippen molar-refractivity contribution in [3.05, 3.63) is 30.3 Å². The summed E-state index contributed by atoms with van der Waals surface area (Å²) in [4.78, 5) is 0.390. The maximum atomic E-state index is 12.9. The summed E-state index contributed by atoms with van der Waals surface area (Å²) in [5, 5.41) is 0. The highest BCUT2D eigenvalue weighted by Crippen LogP contribution is 2.32. The van der Waals surface area contributed by atoms with Gasteiger partial charge in [-0.25, -0.2) is 8.42 Å². The van der Waals surface area contributed by atoms with Gasteiger partial charge in [0, 0.05) is 12.5 Å². The summed E-state index contributed by atoms with van der Waals surface area (Å²) in [5.74, 6) is 0.0414. The molecule has 1 saturated heterocycles. The molecular weight excluding hydrogens is 336 g/mol. The normalized spacial score (nSPS) is 20.4. The van der Waals surface area contributed by atoms with Crippen molar-refractivity contribution >= 4 is 9.84 Å². The SMILES string of the molecule is CCCC[C@@H](CS(=O)(=O)c1ccccc1)C(C)(C)OC1CCCCO1. The van der Waals surface area contributed by atoms with Gasteiger partial charge in [-0.05, 0) is 51.7 Å². The molecule has 2 atom stereocenters. The second-order valence-electron chi connectivity index (χ2n) is 7.45. The van der Waals surface area contributed by atoms with Gasteiger partial charge in [0.2, 0.25) is 0 Å². The van der Waals surface area contributed by atoms with Crippen molar-refractivity contribution in [2.75, 3.05) is 12.4 Å². The van der Waals surface area contributed by atoms with E-state index < -0.39 is 15.4 Å². The predicted octanol–water partition coefficient (Wildman–Crippen LogP) is 4.59. The fourth-order valence-corrected chi connectivity index (χ4v) is 5.17. The topological polar surface area (TPSA) is 52.6 Å². The lowest BCUT2D eigenvalue weighted by Gasteiger charge is -2.38. The number of ether oxygens (including phenoxy) is 2. The predicted molar refractivity (Wildman–Crippen MR) is 100 cm³/mol. The summed E-state index contributed by atoms with van der Waals surface area (Å²) < 4.78 is 37.7. The van der Waals surface area contributed by atoms with Gasteiger partial charge in [0.15, 0.2) is 16.1 Å². The molecule has 4 nitrogen and oxygen atoms in total. The molecule has 1 aliphatic heterocycles. The van der Waals surface area contributed by atoms with Gasteiger partial charge < -0.3 is 9.47 Å². The molecule has 5 heteroatoms. The first kappa shape index (κ1) is 20.4. The molecular formula is C20H32O4S. The van der Waals surface area contributed by atoms with Crippen molar-refractivity contribution in [1.29, 1.82) is 0 Å². The summed E-state index contributed by atoms with van der Waals surface area (Å²) in [6.07, 6.45) is 5.71. The van der Waals surface area contributed by atoms with E-state index in [1.807, 2.05) is 19.9 Å². The fraction of sp³-hybridized carbons (Fsp3) is 0.700. The molecule has 142 valence electrons. The van der Waals surface area contributed by atoms with Gasteiger partial charge in [-0.15, -0.1) is 0 Å². The van der Waals surface area contributed by atoms with Crippen LogP contribution in [0.3, 0.4) is 0 Å². The fourth-order valence-electron chi connectivity index (χ4n) is 3.31. The van der Waals surface area contributed by atoms with Crippen LogP contribution in [0.1, 0.15) is 59.3 Å². The maximum Gasteiger partial charge on any atom is 0.178 e. The van der Waals surface area contributed by atoms with E-state index in [9.17, 15) is 8.42 Å². The zero-order valence-corrected chi connectivity index (χ0v) is 16.6. The number of rotatable bonds is 9. The van der Waals surface area contributed by atoms with Gasteiger partial charge in [-0.2, -0.15) is 0 Å². The lowest BCUT2D eigenvalue weighted by atomic mass is 9.87. The Morgan fingerprint density at radius 3 is 2.56 bits per heavy atom. The van der Waals surface area contributed by atoms with Crippen molar-refractivity contribution in [3.8, 4) is 0 Å². The van der Waals surface area contributed by atoms with Crippen LogP contribution in [0.25, 0.3) is 0 Å². The Morgan fingerprint density at radius 1 is 1.24 bits per heavy atom. The van der Waals surface area contributed by atoms with Crippen LogP contribution in [-0.2, 0) is 19.3 Å². The van der Waals surface area contributed by atoms with E-state index in [2.05, 4.69) is 6.92 Å². The smallest absolute Gasteiger partial charge is 0.178 e. The Morgan fingerprint density at radius 2 is 1.96 bits per heavy atom. The third-order valence-electron chi connectivity index (χ3n) is 4.99. The molecule has 0 aromatic heterocycles. The molecule has 1 unspecified atom stereocenters. The van der Waals surface area contributed by atoms with Gasteiger partial charge in [0.1, 0.15) is 0 Å². The van der Waals surface area contributed by atoms with Crippen LogP contribution in [-0.4, -0.2) is 32.7 Å². The van der Waals surface area contributed by atoms with Crippen molar-refractivity contribution in [2.24, 2.45) is 5.92 Å². The van der Waals surface area contributed by atoms with E-state index in [4.69, 9.17) is 9.47 Å². The maximum absolute atomic E-state index is 12.9. The lowest BCUT2D eigenvalue weighted by molar-refractivity contribution is -0.228. The van der Waals surface area contributed by atoms with Crippen molar-refractivity contribution in [3.63, 3.8) is 0 Å². The zero-order valence-electron chi connectivity index (χ0n) is 15.7. The van der Waals surface area contributed by atoms with Crippen LogP contribution in [0.15, 0.2) is 35.2 Å². The van der Waals surface area contributed by atoms with Gasteiger partial charge in [-0.1, -0.05) is 38.0 Å². The minimum atomic E-state index is -3.33. The van der Waals surface area contributed by atoms with E-state index >= 15 is 0 Å². The van der Waals surface area contributed by atoms with Crippen LogP contribution in [0.5, 0.6) is 0 Å². The summed E-state index contributed by atoms with van der Waals surface area (Å²) in [7, 11) is -3.33. The Hall–Kier alpha value is -0.910. The zero-order chi connectivity index (χ0) is 18.3. The molecule has 0 amide bonds. The number of benzene rings is 1. The Kier molecular flexibility index (Phi) is 7.47. The average molecular weight is 369 g/mol. The van der Waals surface area contributed by atoms with Gasteiger partial charge in [0.25, 0.3) is 0 Å². The Labute approximate surface area is 152 Å². The van der Waals surface area contributed by atoms with Gasteiger partial charge >= 0.3 is 0 Å². The molecule has 2 rings (SSSR count). The number of hydrogen-bond donors (Lipinski definition) is 0. The summed E-state index contributed by atoms with van der Waals surface area (Å²) in [6.45, 7) is 6.86. The monoisotopic (exact) mass is 368 g/mol. The molecule has 0 bridgehead atoms. The lowest BCUT2D eigenvalue weighted by Crippen LogP contribution is -2.43. The quantitative estimate of drug-likeness (QED) is 0.640. The van der Waals surface area contributed by atoms with E-state index in [0.29, 0.717) is 4.90 Å². The Bertz CT molecular complexity index is 604. The first-order valence-corrected chi connectivity index (χ1v) is 11.1. The molecule has 0 radical (unpaired) electrons. The molecule has 1 aromatic carbocycles. The van der Waals surface area contributed by atoms with Crippen LogP contribution < -0.4 is 0 Å². The number of hydrogen-bond acceptors (Lipinski definition) is 4. The first-order chi connectivity index (χ1) is 11.8. The molecule has 0 spiro atoms. The minimum Gasteiger partial charge on any atom is -0.353 e. The van der Waals surface area contributed by atoms with Gasteiger partial charge in [-0.3, -0.25) is 0 Å². The number of unbranched alkanes of at least 4 members (excludes halogenated alkanes) is 1. The van der Waals surface area contributed by atoms with Crippen molar-refractivity contribution < 1.29 is 17.9 Å². The van der Waals surface area contributed by atoms with E-state index in [-0.39, 0.29) is 18.0 Å². The highest BCUT2D eigenvalue weighted by molar-refractivity contribution is 7.91. The molecule has 0 N–H and O–H groups in total. The second kappa shape index (κ2) is 9.15. The summed E-state index contributed by atoms with van der Waals surface area (Å²) in [6, 6.07) is 8.71.